The van der Waals surface area contributed by atoms with E-state index >= 15 is 0 Å². The average Bonchev–Trinajstić information content (AvgIpc) is 2.91. The van der Waals surface area contributed by atoms with Crippen molar-refractivity contribution in [2.45, 2.75) is 31.3 Å². The van der Waals surface area contributed by atoms with Crippen LogP contribution >= 0.6 is 11.6 Å². The molecule has 1 unspecified atom stereocenters. The van der Waals surface area contributed by atoms with Crippen molar-refractivity contribution in [3.63, 3.8) is 0 Å². The number of fused-ring (bicyclic) bond motifs is 1. The molecule has 0 saturated heterocycles. The van der Waals surface area contributed by atoms with Crippen LogP contribution in [0.1, 0.15) is 23.6 Å². The highest BCUT2D eigenvalue weighted by Crippen LogP contribution is 2.38. The highest BCUT2D eigenvalue weighted by Gasteiger charge is 2.35. The lowest BCUT2D eigenvalue weighted by molar-refractivity contribution is -0.137. The Balaban J connectivity index is 1.56. The van der Waals surface area contributed by atoms with Gasteiger partial charge in [-0.05, 0) is 65.9 Å². The van der Waals surface area contributed by atoms with Crippen LogP contribution in [0.3, 0.4) is 0 Å². The Labute approximate surface area is 236 Å². The molecule has 0 bridgehead atoms. The van der Waals surface area contributed by atoms with Gasteiger partial charge in [0.25, 0.3) is 10.0 Å². The van der Waals surface area contributed by atoms with E-state index in [1.54, 1.807) is 19.1 Å². The molecule has 0 fully saturated rings. The number of nitrogens with zero attached hydrogens (tertiary/aromatic N) is 1. The van der Waals surface area contributed by atoms with Crippen LogP contribution < -0.4 is 9.62 Å². The molecule has 0 spiro atoms. The maximum Gasteiger partial charge on any atom is 0.417 e. The molecule has 4 rings (SSSR count). The van der Waals surface area contributed by atoms with Crippen molar-refractivity contribution in [1.29, 1.82) is 0 Å². The second kappa shape index (κ2) is 11.9. The van der Waals surface area contributed by atoms with Gasteiger partial charge in [-0.2, -0.15) is 13.2 Å². The van der Waals surface area contributed by atoms with Crippen LogP contribution in [-0.2, 0) is 27.4 Å². The summed E-state index contributed by atoms with van der Waals surface area (Å²) >= 11 is 5.76. The second-order valence-corrected chi connectivity index (χ2v) is 12.0. The smallest absolute Gasteiger partial charge is 0.354 e. The van der Waals surface area contributed by atoms with E-state index in [1.165, 1.54) is 12.1 Å². The Hall–Kier alpha value is -3.56. The van der Waals surface area contributed by atoms with Crippen LogP contribution in [0, 0.1) is 12.8 Å². The molecule has 4 aromatic rings. The van der Waals surface area contributed by atoms with Crippen LogP contribution in [0.4, 0.5) is 18.9 Å². The number of nitrogens with one attached hydrogen (secondary N) is 1. The van der Waals surface area contributed by atoms with Gasteiger partial charge < -0.3 is 5.32 Å². The molecule has 0 aliphatic rings. The Bertz CT molecular complexity index is 1620. The number of hydrogen-bond acceptors (Lipinski definition) is 3. The van der Waals surface area contributed by atoms with E-state index in [0.717, 1.165) is 34.0 Å². The summed E-state index contributed by atoms with van der Waals surface area (Å²) in [4.78, 5) is 12.9. The number of alkyl halides is 3. The third-order valence-corrected chi connectivity index (χ3v) is 8.65. The minimum absolute atomic E-state index is 0.00396. The van der Waals surface area contributed by atoms with Gasteiger partial charge in [0.15, 0.2) is 0 Å². The van der Waals surface area contributed by atoms with Crippen molar-refractivity contribution < 1.29 is 26.4 Å². The van der Waals surface area contributed by atoms with Crippen molar-refractivity contribution in [2.75, 3.05) is 17.4 Å². The Morgan fingerprint density at radius 3 is 2.35 bits per heavy atom. The first-order valence-corrected chi connectivity index (χ1v) is 14.4. The molecule has 10 heteroatoms. The Kier molecular flexibility index (Phi) is 8.75. The number of benzene rings is 4. The SMILES string of the molecule is Cc1ccc(S(=O)(=O)N(CC(=O)NCC(C)Cc2cccc3ccccc23)c2ccc(Cl)c(C(F)(F)F)c2)cc1. The number of rotatable bonds is 9. The number of sulfonamides is 1. The fraction of sp³-hybridized carbons (Fsp3) is 0.233. The van der Waals surface area contributed by atoms with Crippen LogP contribution in [0.25, 0.3) is 10.8 Å². The van der Waals surface area contributed by atoms with Crippen LogP contribution in [0.2, 0.25) is 5.02 Å². The summed E-state index contributed by atoms with van der Waals surface area (Å²) in [5.41, 5.74) is 0.398. The molecule has 5 nitrogen and oxygen atoms in total. The van der Waals surface area contributed by atoms with Crippen LogP contribution in [0.5, 0.6) is 0 Å². The highest BCUT2D eigenvalue weighted by atomic mass is 35.5. The quantitative estimate of drug-likeness (QED) is 0.229. The first-order chi connectivity index (χ1) is 18.9. The lowest BCUT2D eigenvalue weighted by Crippen LogP contribution is -2.42. The minimum atomic E-state index is -4.81. The van der Waals surface area contributed by atoms with E-state index in [0.29, 0.717) is 16.8 Å². The topological polar surface area (TPSA) is 66.5 Å². The number of aryl methyl sites for hydroxylation is 1. The number of anilines is 1. The summed E-state index contributed by atoms with van der Waals surface area (Å²) in [6, 6.07) is 22.6. The number of hydrogen-bond donors (Lipinski definition) is 1. The van der Waals surface area contributed by atoms with E-state index in [2.05, 4.69) is 5.32 Å². The third-order valence-electron chi connectivity index (χ3n) is 6.54. The van der Waals surface area contributed by atoms with E-state index in [1.807, 2.05) is 49.4 Å². The zero-order valence-electron chi connectivity index (χ0n) is 21.9. The van der Waals surface area contributed by atoms with Gasteiger partial charge in [-0.1, -0.05) is 78.7 Å². The monoisotopic (exact) mass is 588 g/mol. The van der Waals surface area contributed by atoms with Gasteiger partial charge in [-0.3, -0.25) is 9.10 Å². The van der Waals surface area contributed by atoms with Crippen LogP contribution in [0.15, 0.2) is 89.8 Å². The lowest BCUT2D eigenvalue weighted by Gasteiger charge is -2.25. The van der Waals surface area contributed by atoms with Gasteiger partial charge in [-0.25, -0.2) is 8.42 Å². The minimum Gasteiger partial charge on any atom is -0.354 e. The van der Waals surface area contributed by atoms with Gasteiger partial charge in [0.05, 0.1) is 21.2 Å². The molecule has 0 aromatic heterocycles. The molecule has 210 valence electrons. The molecule has 1 amide bonds. The second-order valence-electron chi connectivity index (χ2n) is 9.74. The van der Waals surface area contributed by atoms with Crippen molar-refractivity contribution >= 4 is 44.0 Å². The summed E-state index contributed by atoms with van der Waals surface area (Å²) in [7, 11) is -4.39. The lowest BCUT2D eigenvalue weighted by atomic mass is 9.96. The molecule has 0 heterocycles. The molecule has 1 N–H and O–H groups in total. The standard InChI is InChI=1S/C30H28ClF3N2O3S/c1-20-10-13-25(14-11-20)40(38,39)36(24-12-15-28(31)27(17-24)30(32,33)34)19-29(37)35-18-21(2)16-23-8-5-7-22-6-3-4-9-26(22)23/h3-15,17,21H,16,18-19H2,1-2H3,(H,35,37). The normalized spacial score (nSPS) is 12.8. The molecule has 4 aromatic carbocycles. The maximum atomic E-state index is 13.6. The fourth-order valence-corrected chi connectivity index (χ4v) is 6.07. The van der Waals surface area contributed by atoms with Crippen molar-refractivity contribution in [3.8, 4) is 0 Å². The van der Waals surface area contributed by atoms with Gasteiger partial charge in [0, 0.05) is 6.54 Å². The van der Waals surface area contributed by atoms with Crippen molar-refractivity contribution in [3.05, 3.63) is 107 Å². The summed E-state index contributed by atoms with van der Waals surface area (Å²) in [5.74, 6) is -0.645. The van der Waals surface area contributed by atoms with E-state index in [9.17, 15) is 26.4 Å². The maximum absolute atomic E-state index is 13.6. The van der Waals surface area contributed by atoms with Crippen molar-refractivity contribution in [2.24, 2.45) is 5.92 Å². The summed E-state index contributed by atoms with van der Waals surface area (Å²) in [6.07, 6.45) is -4.15. The molecule has 0 saturated carbocycles. The molecule has 0 radical (unpaired) electrons. The van der Waals surface area contributed by atoms with Gasteiger partial charge >= 0.3 is 6.18 Å². The number of carbonyl (C=O) groups is 1. The number of carbonyl (C=O) groups excluding carboxylic acids is 1. The number of amides is 1. The molecule has 0 aliphatic heterocycles. The van der Waals surface area contributed by atoms with Gasteiger partial charge in [0.2, 0.25) is 5.91 Å². The van der Waals surface area contributed by atoms with Crippen LogP contribution in [-0.4, -0.2) is 27.4 Å². The predicted molar refractivity (Wildman–Crippen MR) is 152 cm³/mol. The zero-order valence-corrected chi connectivity index (χ0v) is 23.4. The molecule has 0 aliphatic carbocycles. The van der Waals surface area contributed by atoms with E-state index < -0.39 is 39.2 Å². The molecular weight excluding hydrogens is 561 g/mol. The van der Waals surface area contributed by atoms with Gasteiger partial charge in [-0.15, -0.1) is 0 Å². The highest BCUT2D eigenvalue weighted by molar-refractivity contribution is 7.92. The fourth-order valence-electron chi connectivity index (χ4n) is 4.43. The first kappa shape index (κ1) is 29.4. The predicted octanol–water partition coefficient (Wildman–Crippen LogP) is 7.01. The summed E-state index contributed by atoms with van der Waals surface area (Å²) < 4.78 is 68.5. The molecule has 1 atom stereocenters. The Morgan fingerprint density at radius 1 is 0.975 bits per heavy atom. The first-order valence-electron chi connectivity index (χ1n) is 12.6. The number of halogens is 4. The largest absolute Gasteiger partial charge is 0.417 e. The molecule has 40 heavy (non-hydrogen) atoms. The Morgan fingerprint density at radius 2 is 1.65 bits per heavy atom. The summed E-state index contributed by atoms with van der Waals surface area (Å²) in [5, 5.41) is 4.39. The van der Waals surface area contributed by atoms with Crippen molar-refractivity contribution in [1.82, 2.24) is 5.32 Å². The summed E-state index contributed by atoms with van der Waals surface area (Å²) in [6.45, 7) is 3.26. The zero-order chi connectivity index (χ0) is 29.1. The van der Waals surface area contributed by atoms with E-state index in [4.69, 9.17) is 11.6 Å². The van der Waals surface area contributed by atoms with Gasteiger partial charge in [0.1, 0.15) is 6.54 Å². The van der Waals surface area contributed by atoms with E-state index in [-0.39, 0.29) is 23.0 Å². The third kappa shape index (κ3) is 6.77. The average molecular weight is 589 g/mol. The molecular formula is C30H28ClF3N2O3S.